The fourth-order valence-corrected chi connectivity index (χ4v) is 5.27. The summed E-state index contributed by atoms with van der Waals surface area (Å²) in [6.07, 6.45) is 6.30. The Kier molecular flexibility index (Phi) is 4.39. The van der Waals surface area contributed by atoms with Crippen LogP contribution in [0, 0.1) is 6.92 Å². The second-order valence-electron chi connectivity index (χ2n) is 6.76. The van der Waals surface area contributed by atoms with Crippen LogP contribution in [0.1, 0.15) is 30.0 Å². The van der Waals surface area contributed by atoms with E-state index >= 15 is 0 Å². The monoisotopic (exact) mass is 390 g/mol. The van der Waals surface area contributed by atoms with Crippen molar-refractivity contribution in [3.05, 3.63) is 36.0 Å². The summed E-state index contributed by atoms with van der Waals surface area (Å²) in [6.45, 7) is 2.69. The van der Waals surface area contributed by atoms with Gasteiger partial charge in [-0.1, -0.05) is 0 Å². The lowest BCUT2D eigenvalue weighted by Gasteiger charge is -2.31. The van der Waals surface area contributed by atoms with Gasteiger partial charge < -0.3 is 4.74 Å². The number of piperidine rings is 1. The molecule has 10 heteroatoms. The molecule has 1 aliphatic rings. The van der Waals surface area contributed by atoms with Crippen molar-refractivity contribution in [3.8, 4) is 5.75 Å². The first kappa shape index (κ1) is 17.9. The van der Waals surface area contributed by atoms with Gasteiger partial charge >= 0.3 is 0 Å². The molecule has 0 bridgehead atoms. The molecule has 4 rings (SSSR count). The molecule has 0 aliphatic carbocycles. The topological polar surface area (TPSA) is 94.6 Å². The predicted octanol–water partition coefficient (Wildman–Crippen LogP) is 1.35. The molecule has 0 amide bonds. The van der Waals surface area contributed by atoms with E-state index in [0.717, 1.165) is 29.8 Å². The molecule has 0 saturated carbocycles. The van der Waals surface area contributed by atoms with Crippen LogP contribution in [0.4, 0.5) is 0 Å². The molecule has 0 N–H and O–H groups in total. The molecule has 1 saturated heterocycles. The van der Waals surface area contributed by atoms with Crippen molar-refractivity contribution in [2.45, 2.75) is 30.6 Å². The Morgan fingerprint density at radius 2 is 1.96 bits per heavy atom. The summed E-state index contributed by atoms with van der Waals surface area (Å²) in [7, 11) is -0.149. The Bertz CT molecular complexity index is 1080. The van der Waals surface area contributed by atoms with Crippen molar-refractivity contribution in [2.24, 2.45) is 7.05 Å². The van der Waals surface area contributed by atoms with Gasteiger partial charge in [-0.15, -0.1) is 0 Å². The molecule has 27 heavy (non-hydrogen) atoms. The zero-order valence-electron chi connectivity index (χ0n) is 15.5. The van der Waals surface area contributed by atoms with Gasteiger partial charge in [-0.05, 0) is 25.7 Å². The summed E-state index contributed by atoms with van der Waals surface area (Å²) >= 11 is 0. The van der Waals surface area contributed by atoms with Gasteiger partial charge in [0.15, 0.2) is 5.65 Å². The van der Waals surface area contributed by atoms with Crippen molar-refractivity contribution in [1.82, 2.24) is 28.7 Å². The zero-order chi connectivity index (χ0) is 19.2. The number of aryl methyl sites for hydroxylation is 1. The van der Waals surface area contributed by atoms with Crippen LogP contribution in [0.2, 0.25) is 0 Å². The van der Waals surface area contributed by atoms with E-state index in [1.165, 1.54) is 12.5 Å². The van der Waals surface area contributed by atoms with E-state index in [2.05, 4.69) is 15.2 Å². The van der Waals surface area contributed by atoms with Crippen molar-refractivity contribution >= 4 is 15.7 Å². The molecule has 4 heterocycles. The average molecular weight is 390 g/mol. The van der Waals surface area contributed by atoms with E-state index < -0.39 is 10.0 Å². The van der Waals surface area contributed by atoms with Gasteiger partial charge in [0, 0.05) is 38.0 Å². The maximum absolute atomic E-state index is 13.0. The second-order valence-corrected chi connectivity index (χ2v) is 8.66. The minimum atomic E-state index is -3.53. The first-order valence-corrected chi connectivity index (χ1v) is 10.2. The molecule has 144 valence electrons. The van der Waals surface area contributed by atoms with E-state index in [0.29, 0.717) is 18.8 Å². The first-order valence-electron chi connectivity index (χ1n) is 8.78. The van der Waals surface area contributed by atoms with Crippen LogP contribution in [0.15, 0.2) is 29.7 Å². The predicted molar refractivity (Wildman–Crippen MR) is 98.2 cm³/mol. The van der Waals surface area contributed by atoms with Crippen molar-refractivity contribution in [2.75, 3.05) is 20.2 Å². The highest BCUT2D eigenvalue weighted by atomic mass is 32.2. The van der Waals surface area contributed by atoms with Gasteiger partial charge in [-0.25, -0.2) is 17.9 Å². The van der Waals surface area contributed by atoms with E-state index in [9.17, 15) is 8.42 Å². The quantitative estimate of drug-likeness (QED) is 0.667. The van der Waals surface area contributed by atoms with Crippen LogP contribution in [-0.2, 0) is 17.1 Å². The molecular formula is C17H22N6O3S. The first-order chi connectivity index (χ1) is 12.9. The molecule has 1 aliphatic heterocycles. The molecule has 0 spiro atoms. The summed E-state index contributed by atoms with van der Waals surface area (Å²) in [5.41, 5.74) is 2.41. The van der Waals surface area contributed by atoms with Crippen LogP contribution < -0.4 is 4.74 Å². The highest BCUT2D eigenvalue weighted by Crippen LogP contribution is 2.36. The highest BCUT2D eigenvalue weighted by Gasteiger charge is 2.33. The largest absolute Gasteiger partial charge is 0.496 e. The molecule has 0 atom stereocenters. The summed E-state index contributed by atoms with van der Waals surface area (Å²) in [6, 6.07) is 1.87. The second kappa shape index (κ2) is 6.61. The lowest BCUT2D eigenvalue weighted by molar-refractivity contribution is 0.312. The fourth-order valence-electron chi connectivity index (χ4n) is 3.62. The number of pyridine rings is 1. The molecule has 0 radical (unpaired) electrons. The standard InChI is InChI=1S/C17H22N6O3S/c1-12-16(9-19-21(12)2)27(24,25)22-6-4-13(5-7-22)14-10-23-17(18-11-20-23)8-15(14)26-3/h8-11,13H,4-7H2,1-3H3. The Labute approximate surface area is 157 Å². The van der Waals surface area contributed by atoms with Gasteiger partial charge in [0.2, 0.25) is 10.0 Å². The lowest BCUT2D eigenvalue weighted by atomic mass is 9.91. The SMILES string of the molecule is COc1cc2ncnn2cc1C1CCN(S(=O)(=O)c2cnn(C)c2C)CC1. The minimum Gasteiger partial charge on any atom is -0.496 e. The number of hydrogen-bond donors (Lipinski definition) is 0. The maximum Gasteiger partial charge on any atom is 0.246 e. The third-order valence-corrected chi connectivity index (χ3v) is 7.33. The van der Waals surface area contributed by atoms with E-state index in [1.54, 1.807) is 34.6 Å². The van der Waals surface area contributed by atoms with Crippen molar-refractivity contribution < 1.29 is 13.2 Å². The highest BCUT2D eigenvalue weighted by molar-refractivity contribution is 7.89. The van der Waals surface area contributed by atoms with Gasteiger partial charge in [-0.2, -0.15) is 14.5 Å². The van der Waals surface area contributed by atoms with Gasteiger partial charge in [0.25, 0.3) is 0 Å². The number of rotatable bonds is 4. The summed E-state index contributed by atoms with van der Waals surface area (Å²) < 4.78 is 36.3. The van der Waals surface area contributed by atoms with Gasteiger partial charge in [-0.3, -0.25) is 4.68 Å². The molecular weight excluding hydrogens is 368 g/mol. The third-order valence-electron chi connectivity index (χ3n) is 5.33. The molecule has 3 aromatic rings. The minimum absolute atomic E-state index is 0.204. The van der Waals surface area contributed by atoms with Crippen LogP contribution in [-0.4, -0.2) is 57.3 Å². The van der Waals surface area contributed by atoms with Gasteiger partial charge in [0.1, 0.15) is 17.0 Å². The fraction of sp³-hybridized carbons (Fsp3) is 0.471. The number of sulfonamides is 1. The average Bonchev–Trinajstić information content (AvgIpc) is 3.27. The van der Waals surface area contributed by atoms with Crippen LogP contribution >= 0.6 is 0 Å². The molecule has 0 unspecified atom stereocenters. The number of hydrogen-bond acceptors (Lipinski definition) is 6. The Balaban J connectivity index is 1.56. The summed E-state index contributed by atoms with van der Waals surface area (Å²) in [4.78, 5) is 4.46. The number of methoxy groups -OCH3 is 1. The molecule has 0 aromatic carbocycles. The van der Waals surface area contributed by atoms with E-state index in [4.69, 9.17) is 4.74 Å². The van der Waals surface area contributed by atoms with Gasteiger partial charge in [0.05, 0.1) is 19.0 Å². The van der Waals surface area contributed by atoms with Crippen molar-refractivity contribution in [1.29, 1.82) is 0 Å². The van der Waals surface area contributed by atoms with E-state index in [1.807, 2.05) is 12.3 Å². The Morgan fingerprint density at radius 1 is 1.22 bits per heavy atom. The summed E-state index contributed by atoms with van der Waals surface area (Å²) in [5, 5.41) is 8.25. The normalized spacial score (nSPS) is 16.9. The number of fused-ring (bicyclic) bond motifs is 1. The Hall–Kier alpha value is -2.46. The number of aromatic nitrogens is 5. The number of nitrogens with zero attached hydrogens (tertiary/aromatic N) is 6. The van der Waals surface area contributed by atoms with E-state index in [-0.39, 0.29) is 10.8 Å². The molecule has 9 nitrogen and oxygen atoms in total. The molecule has 3 aromatic heterocycles. The van der Waals surface area contributed by atoms with Crippen LogP contribution in [0.3, 0.4) is 0 Å². The lowest BCUT2D eigenvalue weighted by Crippen LogP contribution is -2.38. The molecule has 1 fully saturated rings. The van der Waals surface area contributed by atoms with Crippen molar-refractivity contribution in [3.63, 3.8) is 0 Å². The Morgan fingerprint density at radius 3 is 2.59 bits per heavy atom. The smallest absolute Gasteiger partial charge is 0.246 e. The zero-order valence-corrected chi connectivity index (χ0v) is 16.3. The maximum atomic E-state index is 13.0. The summed E-state index contributed by atoms with van der Waals surface area (Å²) in [5.74, 6) is 0.968. The van der Waals surface area contributed by atoms with Crippen LogP contribution in [0.25, 0.3) is 5.65 Å². The third kappa shape index (κ3) is 2.98. The number of ether oxygens (including phenoxy) is 1. The van der Waals surface area contributed by atoms with Crippen LogP contribution in [0.5, 0.6) is 5.75 Å².